The van der Waals surface area contributed by atoms with Crippen molar-refractivity contribution in [1.29, 1.82) is 0 Å². The van der Waals surface area contributed by atoms with Gasteiger partial charge in [0, 0.05) is 18.3 Å². The van der Waals surface area contributed by atoms with Gasteiger partial charge < -0.3 is 9.64 Å². The van der Waals surface area contributed by atoms with Gasteiger partial charge in [0.15, 0.2) is 0 Å². The van der Waals surface area contributed by atoms with Gasteiger partial charge in [-0.2, -0.15) is 0 Å². The van der Waals surface area contributed by atoms with Crippen molar-refractivity contribution in [2.24, 2.45) is 9.98 Å². The molecule has 28 heavy (non-hydrogen) atoms. The van der Waals surface area contributed by atoms with Crippen LogP contribution in [0.5, 0.6) is 5.75 Å². The average molecular weight is 381 g/mol. The second-order valence-corrected chi connectivity index (χ2v) is 6.34. The van der Waals surface area contributed by atoms with E-state index in [1.807, 2.05) is 43.8 Å². The summed E-state index contributed by atoms with van der Waals surface area (Å²) in [6.45, 7) is 9.02. The molecule has 4 nitrogen and oxygen atoms in total. The van der Waals surface area contributed by atoms with Crippen LogP contribution >= 0.6 is 0 Å². The molecular formula is C23H28FN3O. The van der Waals surface area contributed by atoms with E-state index in [0.717, 1.165) is 48.5 Å². The first-order valence-electron chi connectivity index (χ1n) is 9.39. The number of allylic oxidation sites excluding steroid dienone is 4. The molecule has 0 unspecified atom stereocenters. The number of rotatable bonds is 6. The summed E-state index contributed by atoms with van der Waals surface area (Å²) < 4.78 is 15.5. The molecule has 1 aromatic carbocycles. The molecule has 0 aliphatic carbocycles. The Morgan fingerprint density at radius 2 is 2.07 bits per heavy atom. The topological polar surface area (TPSA) is 37.2 Å². The van der Waals surface area contributed by atoms with Crippen molar-refractivity contribution in [2.75, 3.05) is 18.6 Å². The summed E-state index contributed by atoms with van der Waals surface area (Å²) in [4.78, 5) is 11.0. The van der Waals surface area contributed by atoms with Crippen LogP contribution in [0.15, 0.2) is 70.5 Å². The summed E-state index contributed by atoms with van der Waals surface area (Å²) in [7, 11) is 0.500. The lowest BCUT2D eigenvalue weighted by Gasteiger charge is -2.26. The molecule has 0 N–H and O–H groups in total. The molecule has 0 amide bonds. The lowest BCUT2D eigenvalue weighted by Crippen LogP contribution is -2.25. The summed E-state index contributed by atoms with van der Waals surface area (Å²) in [5.41, 5.74) is 4.04. The number of halogens is 1. The van der Waals surface area contributed by atoms with Gasteiger partial charge in [-0.1, -0.05) is 30.9 Å². The minimum Gasteiger partial charge on any atom is -0.439 e. The minimum absolute atomic E-state index is 0.500. The van der Waals surface area contributed by atoms with Crippen LogP contribution in [-0.4, -0.2) is 26.3 Å². The van der Waals surface area contributed by atoms with Gasteiger partial charge in [0.05, 0.1) is 24.9 Å². The van der Waals surface area contributed by atoms with Gasteiger partial charge in [-0.15, -0.1) is 0 Å². The smallest absolute Gasteiger partial charge is 0.217 e. The number of anilines is 1. The summed E-state index contributed by atoms with van der Waals surface area (Å²) in [6.07, 6.45) is 15.0. The quantitative estimate of drug-likeness (QED) is 0.559. The van der Waals surface area contributed by atoms with Crippen LogP contribution < -0.4 is 9.64 Å². The van der Waals surface area contributed by atoms with E-state index in [1.165, 1.54) is 5.57 Å². The molecule has 0 fully saturated rings. The van der Waals surface area contributed by atoms with E-state index in [-0.39, 0.29) is 0 Å². The molecule has 148 valence electrons. The normalized spacial score (nSPS) is 15.9. The van der Waals surface area contributed by atoms with Gasteiger partial charge in [-0.05, 0) is 56.9 Å². The molecule has 0 atom stereocenters. The maximum atomic E-state index is 9.50. The van der Waals surface area contributed by atoms with Crippen molar-refractivity contribution in [3.05, 3.63) is 66.1 Å². The van der Waals surface area contributed by atoms with Crippen LogP contribution in [0.2, 0.25) is 0 Å². The van der Waals surface area contributed by atoms with Crippen molar-refractivity contribution >= 4 is 23.9 Å². The van der Waals surface area contributed by atoms with Gasteiger partial charge >= 0.3 is 0 Å². The Balaban J connectivity index is 0.00000136. The molecule has 0 aromatic heterocycles. The predicted octanol–water partition coefficient (Wildman–Crippen LogP) is 6.09. The Morgan fingerprint density at radius 1 is 1.25 bits per heavy atom. The standard InChI is InChI=1S/C22H25N3O.CH3F/c1-4-5-6-7-8-14-25-16-24-18(3)20-15-19(11-12-21(20)25)26-22-17(2)10-9-13-23-22;1-2/h4-7,11-13,15-16H,3,8-10,14H2,1-2H3;1H3/b5-4+,7-6+;. The van der Waals surface area contributed by atoms with Crippen LogP contribution in [0.3, 0.4) is 0 Å². The predicted molar refractivity (Wildman–Crippen MR) is 118 cm³/mol. The second kappa shape index (κ2) is 11.0. The molecule has 1 aromatic rings. The molecule has 2 heterocycles. The SMILES string of the molecule is C=C1N=CN(CC/C=C/C=C/C)c2ccc(OC3=C(C)CCC=N3)cc21.CF. The summed E-state index contributed by atoms with van der Waals surface area (Å²) in [5, 5.41) is 0. The lowest BCUT2D eigenvalue weighted by atomic mass is 10.1. The Kier molecular flexibility index (Phi) is 8.40. The van der Waals surface area contributed by atoms with Crippen molar-refractivity contribution in [3.63, 3.8) is 0 Å². The molecule has 3 rings (SSSR count). The first-order chi connectivity index (χ1) is 13.7. The molecule has 2 aliphatic rings. The first-order valence-corrected chi connectivity index (χ1v) is 9.39. The third-order valence-corrected chi connectivity index (χ3v) is 4.35. The van der Waals surface area contributed by atoms with Gasteiger partial charge in [0.2, 0.25) is 5.88 Å². The number of benzene rings is 1. The number of alkyl halides is 1. The third kappa shape index (κ3) is 5.52. The fourth-order valence-electron chi connectivity index (χ4n) is 2.88. The lowest BCUT2D eigenvalue weighted by molar-refractivity contribution is 0.409. The highest BCUT2D eigenvalue weighted by molar-refractivity contribution is 5.94. The Hall–Kier alpha value is -2.95. The second-order valence-electron chi connectivity index (χ2n) is 6.34. The minimum atomic E-state index is 0.500. The van der Waals surface area contributed by atoms with Gasteiger partial charge in [-0.25, -0.2) is 9.98 Å². The van der Waals surface area contributed by atoms with E-state index >= 15 is 0 Å². The zero-order valence-electron chi connectivity index (χ0n) is 16.9. The summed E-state index contributed by atoms with van der Waals surface area (Å²) in [6, 6.07) is 6.05. The average Bonchev–Trinajstić information content (AvgIpc) is 2.73. The van der Waals surface area contributed by atoms with Crippen molar-refractivity contribution in [3.8, 4) is 5.75 Å². The monoisotopic (exact) mass is 381 g/mol. The molecule has 0 saturated carbocycles. The van der Waals surface area contributed by atoms with Crippen molar-refractivity contribution in [2.45, 2.75) is 33.1 Å². The number of nitrogens with zero attached hydrogens (tertiary/aromatic N) is 3. The van der Waals surface area contributed by atoms with E-state index in [1.54, 1.807) is 0 Å². The highest BCUT2D eigenvalue weighted by atomic mass is 19.1. The zero-order valence-corrected chi connectivity index (χ0v) is 16.9. The fourth-order valence-corrected chi connectivity index (χ4v) is 2.88. The van der Waals surface area contributed by atoms with E-state index in [0.29, 0.717) is 13.1 Å². The van der Waals surface area contributed by atoms with Crippen LogP contribution in [0, 0.1) is 0 Å². The van der Waals surface area contributed by atoms with Crippen LogP contribution in [0.1, 0.15) is 38.7 Å². The third-order valence-electron chi connectivity index (χ3n) is 4.35. The van der Waals surface area contributed by atoms with E-state index in [9.17, 15) is 4.39 Å². The highest BCUT2D eigenvalue weighted by Crippen LogP contribution is 2.34. The largest absolute Gasteiger partial charge is 0.439 e. The van der Waals surface area contributed by atoms with E-state index in [2.05, 4.69) is 46.6 Å². The van der Waals surface area contributed by atoms with Crippen molar-refractivity contribution in [1.82, 2.24) is 0 Å². The first kappa shape index (κ1) is 21.4. The molecular weight excluding hydrogens is 353 g/mol. The van der Waals surface area contributed by atoms with E-state index in [4.69, 9.17) is 4.74 Å². The molecule has 0 bridgehead atoms. The Labute approximate surface area is 167 Å². The van der Waals surface area contributed by atoms with E-state index < -0.39 is 0 Å². The zero-order chi connectivity index (χ0) is 20.4. The van der Waals surface area contributed by atoms with Crippen LogP contribution in [0.25, 0.3) is 5.70 Å². The molecule has 0 saturated heterocycles. The van der Waals surface area contributed by atoms with Gasteiger partial charge in [0.1, 0.15) is 5.75 Å². The van der Waals surface area contributed by atoms with Crippen molar-refractivity contribution < 1.29 is 9.13 Å². The molecule has 0 radical (unpaired) electrons. The number of hydrogen-bond donors (Lipinski definition) is 0. The highest BCUT2D eigenvalue weighted by Gasteiger charge is 2.18. The Morgan fingerprint density at radius 3 is 2.82 bits per heavy atom. The molecule has 5 heteroatoms. The Bertz CT molecular complexity index is 834. The maximum absolute atomic E-state index is 9.50. The number of ether oxygens (including phenoxy) is 1. The summed E-state index contributed by atoms with van der Waals surface area (Å²) >= 11 is 0. The fraction of sp³-hybridized carbons (Fsp3) is 0.304. The maximum Gasteiger partial charge on any atom is 0.217 e. The number of aliphatic imine (C=N–C) groups is 2. The number of hydrogen-bond acceptors (Lipinski definition) is 4. The van der Waals surface area contributed by atoms with Crippen LogP contribution in [0.4, 0.5) is 10.1 Å². The van der Waals surface area contributed by atoms with Crippen LogP contribution in [-0.2, 0) is 0 Å². The number of fused-ring (bicyclic) bond motifs is 1. The molecule has 2 aliphatic heterocycles. The van der Waals surface area contributed by atoms with Gasteiger partial charge in [-0.3, -0.25) is 4.39 Å². The molecule has 0 spiro atoms. The van der Waals surface area contributed by atoms with Gasteiger partial charge in [0.25, 0.3) is 0 Å². The summed E-state index contributed by atoms with van der Waals surface area (Å²) in [5.74, 6) is 1.47.